The van der Waals surface area contributed by atoms with E-state index in [1.54, 1.807) is 31.2 Å². The number of aryl methyl sites for hydroxylation is 1. The first-order valence-electron chi connectivity index (χ1n) is 5.28. The quantitative estimate of drug-likeness (QED) is 0.833. The summed E-state index contributed by atoms with van der Waals surface area (Å²) in [5, 5.41) is 9.27. The lowest BCUT2D eigenvalue weighted by atomic mass is 10.2. The van der Waals surface area contributed by atoms with Crippen molar-refractivity contribution in [2.45, 2.75) is 13.5 Å². The van der Waals surface area contributed by atoms with Gasteiger partial charge in [0.15, 0.2) is 0 Å². The molecule has 0 aliphatic rings. The van der Waals surface area contributed by atoms with E-state index in [-0.39, 0.29) is 17.8 Å². The van der Waals surface area contributed by atoms with Gasteiger partial charge in [-0.25, -0.2) is 4.98 Å². The molecule has 2 aromatic rings. The van der Waals surface area contributed by atoms with Gasteiger partial charge in [0.2, 0.25) is 11.2 Å². The van der Waals surface area contributed by atoms with Crippen LogP contribution in [0.3, 0.4) is 0 Å². The van der Waals surface area contributed by atoms with Crippen molar-refractivity contribution in [1.29, 1.82) is 0 Å². The molecule has 0 saturated carbocycles. The number of ether oxygens (including phenoxy) is 1. The molecule has 3 N–H and O–H groups in total. The van der Waals surface area contributed by atoms with Gasteiger partial charge in [-0.2, -0.15) is 4.98 Å². The van der Waals surface area contributed by atoms with E-state index in [0.29, 0.717) is 22.7 Å². The molecule has 2 rings (SSSR count). The summed E-state index contributed by atoms with van der Waals surface area (Å²) < 4.78 is 5.57. The number of aliphatic hydroxyl groups is 1. The molecule has 0 spiro atoms. The van der Waals surface area contributed by atoms with Gasteiger partial charge >= 0.3 is 0 Å². The Balaban J connectivity index is 2.40. The molecule has 0 atom stereocenters. The molecule has 0 radical (unpaired) electrons. The van der Waals surface area contributed by atoms with E-state index >= 15 is 0 Å². The summed E-state index contributed by atoms with van der Waals surface area (Å²) in [7, 11) is 0. The fraction of sp³-hybridized carbons (Fsp3) is 0.167. The maximum atomic E-state index is 9.20. The topological polar surface area (TPSA) is 81.3 Å². The van der Waals surface area contributed by atoms with Crippen molar-refractivity contribution in [2.75, 3.05) is 5.73 Å². The summed E-state index contributed by atoms with van der Waals surface area (Å²) in [5.41, 5.74) is 7.34. The first-order valence-corrected chi connectivity index (χ1v) is 5.66. The van der Waals surface area contributed by atoms with Gasteiger partial charge in [0.25, 0.3) is 0 Å². The monoisotopic (exact) mass is 265 g/mol. The van der Waals surface area contributed by atoms with Crippen LogP contribution in [-0.2, 0) is 6.61 Å². The van der Waals surface area contributed by atoms with Crippen molar-refractivity contribution >= 4 is 17.3 Å². The van der Waals surface area contributed by atoms with Crippen LogP contribution in [0.1, 0.15) is 11.3 Å². The Morgan fingerprint density at radius 1 is 1.33 bits per heavy atom. The van der Waals surface area contributed by atoms with Crippen LogP contribution in [0.25, 0.3) is 0 Å². The summed E-state index contributed by atoms with van der Waals surface area (Å²) >= 11 is 5.75. The standard InChI is InChI=1S/C12H12ClN3O2/c1-7-10(14)11(16-12(13)15-7)18-9-5-3-2-4-8(9)6-17/h2-5,17H,6,14H2,1H3. The Bertz CT molecular complexity index is 575. The van der Waals surface area contributed by atoms with Crippen LogP contribution in [0, 0.1) is 6.92 Å². The molecule has 0 saturated heterocycles. The van der Waals surface area contributed by atoms with E-state index in [2.05, 4.69) is 9.97 Å². The minimum atomic E-state index is -0.131. The molecule has 1 aromatic heterocycles. The fourth-order valence-electron chi connectivity index (χ4n) is 1.44. The highest BCUT2D eigenvalue weighted by molar-refractivity contribution is 6.28. The number of nitrogen functional groups attached to an aromatic ring is 1. The van der Waals surface area contributed by atoms with E-state index in [0.717, 1.165) is 0 Å². The number of anilines is 1. The zero-order valence-electron chi connectivity index (χ0n) is 9.72. The number of rotatable bonds is 3. The van der Waals surface area contributed by atoms with Crippen molar-refractivity contribution in [3.63, 3.8) is 0 Å². The zero-order valence-corrected chi connectivity index (χ0v) is 10.5. The van der Waals surface area contributed by atoms with Crippen LogP contribution in [0.4, 0.5) is 5.69 Å². The van der Waals surface area contributed by atoms with Gasteiger partial charge in [-0.1, -0.05) is 18.2 Å². The molecule has 5 nitrogen and oxygen atoms in total. The Hall–Kier alpha value is -1.85. The van der Waals surface area contributed by atoms with Crippen molar-refractivity contribution in [2.24, 2.45) is 0 Å². The molecule has 0 amide bonds. The third-order valence-corrected chi connectivity index (χ3v) is 2.59. The Morgan fingerprint density at radius 2 is 2.06 bits per heavy atom. The predicted molar refractivity (Wildman–Crippen MR) is 68.6 cm³/mol. The van der Waals surface area contributed by atoms with Gasteiger partial charge < -0.3 is 15.6 Å². The number of hydrogen-bond acceptors (Lipinski definition) is 5. The Labute approximate surface area is 109 Å². The third-order valence-electron chi connectivity index (χ3n) is 2.42. The van der Waals surface area contributed by atoms with Gasteiger partial charge in [-0.05, 0) is 24.6 Å². The average molecular weight is 266 g/mol. The summed E-state index contributed by atoms with van der Waals surface area (Å²) in [6, 6.07) is 7.07. The van der Waals surface area contributed by atoms with Gasteiger partial charge in [-0.3, -0.25) is 0 Å². The van der Waals surface area contributed by atoms with Gasteiger partial charge in [0, 0.05) is 5.56 Å². The Kier molecular flexibility index (Phi) is 3.64. The fourth-order valence-corrected chi connectivity index (χ4v) is 1.64. The predicted octanol–water partition coefficient (Wildman–Crippen LogP) is 2.31. The molecule has 94 valence electrons. The smallest absolute Gasteiger partial charge is 0.247 e. The number of halogens is 1. The Morgan fingerprint density at radius 3 is 2.78 bits per heavy atom. The molecule has 0 bridgehead atoms. The van der Waals surface area contributed by atoms with E-state index < -0.39 is 0 Å². The number of nitrogens with two attached hydrogens (primary N) is 1. The molecule has 1 aromatic carbocycles. The lowest BCUT2D eigenvalue weighted by Gasteiger charge is -2.11. The molecule has 0 fully saturated rings. The molecule has 0 aliphatic carbocycles. The lowest BCUT2D eigenvalue weighted by molar-refractivity contribution is 0.276. The van der Waals surface area contributed by atoms with Crippen LogP contribution < -0.4 is 10.5 Å². The van der Waals surface area contributed by atoms with E-state index in [9.17, 15) is 5.11 Å². The normalized spacial score (nSPS) is 10.4. The van der Waals surface area contributed by atoms with Crippen molar-refractivity contribution < 1.29 is 9.84 Å². The molecule has 6 heteroatoms. The summed E-state index contributed by atoms with van der Waals surface area (Å²) in [5.74, 6) is 0.675. The maximum absolute atomic E-state index is 9.20. The summed E-state index contributed by atoms with van der Waals surface area (Å²) in [4.78, 5) is 7.85. The molecule has 18 heavy (non-hydrogen) atoms. The average Bonchev–Trinajstić information content (AvgIpc) is 2.36. The van der Waals surface area contributed by atoms with Crippen molar-refractivity contribution in [3.05, 3.63) is 40.8 Å². The van der Waals surface area contributed by atoms with Gasteiger partial charge in [-0.15, -0.1) is 0 Å². The molecule has 0 aliphatic heterocycles. The van der Waals surface area contributed by atoms with E-state index in [4.69, 9.17) is 22.1 Å². The van der Waals surface area contributed by atoms with E-state index in [1.165, 1.54) is 0 Å². The molecule has 0 unspecified atom stereocenters. The first-order chi connectivity index (χ1) is 8.61. The second kappa shape index (κ2) is 5.20. The van der Waals surface area contributed by atoms with Gasteiger partial charge in [0.1, 0.15) is 11.4 Å². The highest BCUT2D eigenvalue weighted by Gasteiger charge is 2.11. The highest BCUT2D eigenvalue weighted by Crippen LogP contribution is 2.30. The number of aliphatic hydroxyl groups excluding tert-OH is 1. The van der Waals surface area contributed by atoms with Crippen LogP contribution in [0.15, 0.2) is 24.3 Å². The van der Waals surface area contributed by atoms with Crippen molar-refractivity contribution in [3.8, 4) is 11.6 Å². The zero-order chi connectivity index (χ0) is 13.1. The largest absolute Gasteiger partial charge is 0.437 e. The number of hydrogen-bond donors (Lipinski definition) is 2. The van der Waals surface area contributed by atoms with Crippen LogP contribution in [0.5, 0.6) is 11.6 Å². The second-order valence-corrected chi connectivity index (χ2v) is 4.00. The molecular weight excluding hydrogens is 254 g/mol. The lowest BCUT2D eigenvalue weighted by Crippen LogP contribution is -2.02. The number of benzene rings is 1. The highest BCUT2D eigenvalue weighted by atomic mass is 35.5. The van der Waals surface area contributed by atoms with Gasteiger partial charge in [0.05, 0.1) is 12.3 Å². The summed E-state index contributed by atoms with van der Waals surface area (Å²) in [6.45, 7) is 1.58. The number of para-hydroxylation sites is 1. The molecular formula is C12H12ClN3O2. The minimum Gasteiger partial charge on any atom is -0.437 e. The SMILES string of the molecule is Cc1nc(Cl)nc(Oc2ccccc2CO)c1N. The second-order valence-electron chi connectivity index (χ2n) is 3.66. The molecule has 1 heterocycles. The third kappa shape index (κ3) is 2.52. The van der Waals surface area contributed by atoms with Crippen LogP contribution in [0.2, 0.25) is 5.28 Å². The van der Waals surface area contributed by atoms with Crippen LogP contribution in [-0.4, -0.2) is 15.1 Å². The van der Waals surface area contributed by atoms with Crippen molar-refractivity contribution in [1.82, 2.24) is 9.97 Å². The number of nitrogens with zero attached hydrogens (tertiary/aromatic N) is 2. The van der Waals surface area contributed by atoms with Crippen LogP contribution >= 0.6 is 11.6 Å². The maximum Gasteiger partial charge on any atom is 0.247 e. The first kappa shape index (κ1) is 12.6. The van der Waals surface area contributed by atoms with E-state index in [1.807, 2.05) is 0 Å². The minimum absolute atomic E-state index is 0.0678. The number of aromatic nitrogens is 2. The summed E-state index contributed by atoms with van der Waals surface area (Å²) in [6.07, 6.45) is 0.